The van der Waals surface area contributed by atoms with Crippen LogP contribution in [0.25, 0.3) is 0 Å². The van der Waals surface area contributed by atoms with Crippen LogP contribution in [0.5, 0.6) is 0 Å². The summed E-state index contributed by atoms with van der Waals surface area (Å²) in [6.07, 6.45) is 1.94. The summed E-state index contributed by atoms with van der Waals surface area (Å²) in [5, 5.41) is -0.0392. The smallest absolute Gasteiger partial charge is 0.425 e. The SMILES string of the molecule is O=C(OCc1ccccc1)S(=O)(=O)C1C[C@H](CCc2nc(=O)[nH]o2)Cc2ccccc21. The van der Waals surface area contributed by atoms with Crippen molar-refractivity contribution >= 4 is 15.1 Å². The van der Waals surface area contributed by atoms with E-state index in [-0.39, 0.29) is 24.8 Å². The molecule has 1 heterocycles. The van der Waals surface area contributed by atoms with Crippen LogP contribution in [0.4, 0.5) is 4.79 Å². The van der Waals surface area contributed by atoms with Gasteiger partial charge in [0.1, 0.15) is 6.61 Å². The topological polar surface area (TPSA) is 119 Å². The number of ether oxygens (including phenoxy) is 1. The zero-order chi connectivity index (χ0) is 21.8. The van der Waals surface area contributed by atoms with Gasteiger partial charge in [0.05, 0.1) is 5.25 Å². The van der Waals surface area contributed by atoms with Crippen molar-refractivity contribution < 1.29 is 22.5 Å². The van der Waals surface area contributed by atoms with E-state index >= 15 is 0 Å². The molecule has 0 saturated carbocycles. The van der Waals surface area contributed by atoms with Crippen molar-refractivity contribution in [3.63, 3.8) is 0 Å². The summed E-state index contributed by atoms with van der Waals surface area (Å²) >= 11 is 0. The lowest BCUT2D eigenvalue weighted by Gasteiger charge is -2.30. The van der Waals surface area contributed by atoms with Crippen molar-refractivity contribution in [2.45, 2.75) is 37.5 Å². The summed E-state index contributed by atoms with van der Waals surface area (Å²) in [6, 6.07) is 16.2. The second-order valence-corrected chi connectivity index (χ2v) is 9.61. The van der Waals surface area contributed by atoms with Crippen LogP contribution in [0.1, 0.15) is 40.7 Å². The fraction of sp³-hybridized carbons (Fsp3) is 0.318. The molecule has 0 radical (unpaired) electrons. The van der Waals surface area contributed by atoms with Crippen LogP contribution in [-0.4, -0.2) is 23.9 Å². The van der Waals surface area contributed by atoms with Gasteiger partial charge in [-0.15, -0.1) is 0 Å². The molecule has 0 aliphatic heterocycles. The van der Waals surface area contributed by atoms with Crippen LogP contribution in [0.3, 0.4) is 0 Å². The van der Waals surface area contributed by atoms with Gasteiger partial charge in [-0.25, -0.2) is 18.0 Å². The van der Waals surface area contributed by atoms with Gasteiger partial charge in [-0.05, 0) is 41.9 Å². The molecule has 1 N–H and O–H groups in total. The first-order chi connectivity index (χ1) is 14.9. The lowest BCUT2D eigenvalue weighted by atomic mass is 9.81. The molecule has 0 bridgehead atoms. The second-order valence-electron chi connectivity index (χ2n) is 7.62. The van der Waals surface area contributed by atoms with E-state index in [0.29, 0.717) is 30.4 Å². The molecule has 0 fully saturated rings. The number of sulfone groups is 1. The monoisotopic (exact) mass is 442 g/mol. The molecule has 1 unspecified atom stereocenters. The third-order valence-corrected chi connectivity index (χ3v) is 7.29. The number of nitrogens with zero attached hydrogens (tertiary/aromatic N) is 1. The Morgan fingerprint density at radius 2 is 1.87 bits per heavy atom. The number of carbonyl (C=O) groups is 1. The minimum atomic E-state index is -4.21. The minimum Gasteiger partial charge on any atom is -0.449 e. The maximum Gasteiger partial charge on any atom is 0.425 e. The van der Waals surface area contributed by atoms with Gasteiger partial charge in [0.25, 0.3) is 9.84 Å². The van der Waals surface area contributed by atoms with E-state index < -0.39 is 26.1 Å². The average Bonchev–Trinajstić information content (AvgIpc) is 3.21. The summed E-state index contributed by atoms with van der Waals surface area (Å²) in [4.78, 5) is 27.4. The van der Waals surface area contributed by atoms with Crippen molar-refractivity contribution in [2.24, 2.45) is 5.92 Å². The molecule has 1 aliphatic carbocycles. The number of aromatic nitrogens is 2. The fourth-order valence-corrected chi connectivity index (χ4v) is 5.53. The van der Waals surface area contributed by atoms with E-state index in [9.17, 15) is 18.0 Å². The van der Waals surface area contributed by atoms with Crippen LogP contribution in [0.2, 0.25) is 0 Å². The molecule has 0 spiro atoms. The Labute approximate surface area is 179 Å². The maximum atomic E-state index is 13.1. The molecule has 3 aromatic rings. The normalized spacial score (nSPS) is 18.3. The van der Waals surface area contributed by atoms with Crippen LogP contribution in [0.15, 0.2) is 63.9 Å². The summed E-state index contributed by atoms with van der Waals surface area (Å²) in [6.45, 7) is -0.102. The molecule has 8 nitrogen and oxygen atoms in total. The third-order valence-electron chi connectivity index (χ3n) is 5.51. The largest absolute Gasteiger partial charge is 0.449 e. The fourth-order valence-electron chi connectivity index (χ4n) is 3.98. The van der Waals surface area contributed by atoms with Crippen molar-refractivity contribution in [3.8, 4) is 0 Å². The number of rotatable bonds is 6. The lowest BCUT2D eigenvalue weighted by Crippen LogP contribution is -2.29. The van der Waals surface area contributed by atoms with E-state index in [0.717, 1.165) is 5.56 Å². The highest BCUT2D eigenvalue weighted by Gasteiger charge is 2.41. The molecular formula is C22H22N2O6S. The highest BCUT2D eigenvalue weighted by atomic mass is 32.2. The molecule has 162 valence electrons. The van der Waals surface area contributed by atoms with E-state index in [4.69, 9.17) is 9.26 Å². The van der Waals surface area contributed by atoms with Gasteiger partial charge < -0.3 is 9.26 Å². The Balaban J connectivity index is 1.51. The number of hydrogen-bond acceptors (Lipinski definition) is 7. The van der Waals surface area contributed by atoms with Gasteiger partial charge in [-0.2, -0.15) is 10.1 Å². The molecule has 4 rings (SSSR count). The Bertz CT molecular complexity index is 1220. The molecule has 2 aromatic carbocycles. The van der Waals surface area contributed by atoms with Gasteiger partial charge in [-0.1, -0.05) is 54.6 Å². The van der Waals surface area contributed by atoms with Crippen LogP contribution >= 0.6 is 0 Å². The number of aryl methyl sites for hydroxylation is 1. The predicted molar refractivity (Wildman–Crippen MR) is 112 cm³/mol. The first-order valence-electron chi connectivity index (χ1n) is 10.0. The number of fused-ring (bicyclic) bond motifs is 1. The van der Waals surface area contributed by atoms with E-state index in [1.165, 1.54) is 0 Å². The molecule has 2 atom stereocenters. The third kappa shape index (κ3) is 4.77. The van der Waals surface area contributed by atoms with Gasteiger partial charge >= 0.3 is 11.0 Å². The Hall–Kier alpha value is -3.20. The zero-order valence-electron chi connectivity index (χ0n) is 16.7. The molecule has 31 heavy (non-hydrogen) atoms. The number of aromatic amines is 1. The van der Waals surface area contributed by atoms with Gasteiger partial charge in [-0.3, -0.25) is 0 Å². The van der Waals surface area contributed by atoms with E-state index in [1.807, 2.05) is 18.2 Å². The Morgan fingerprint density at radius 1 is 1.13 bits per heavy atom. The second kappa shape index (κ2) is 8.89. The molecule has 1 aromatic heterocycles. The van der Waals surface area contributed by atoms with E-state index in [1.54, 1.807) is 36.4 Å². The van der Waals surface area contributed by atoms with Gasteiger partial charge in [0, 0.05) is 6.42 Å². The summed E-state index contributed by atoms with van der Waals surface area (Å²) in [7, 11) is -4.21. The number of carbonyl (C=O) groups excluding carboxylic acids is 1. The Morgan fingerprint density at radius 3 is 2.61 bits per heavy atom. The lowest BCUT2D eigenvalue weighted by molar-refractivity contribution is 0.165. The number of hydrogen-bond donors (Lipinski definition) is 1. The predicted octanol–water partition coefficient (Wildman–Crippen LogP) is 3.35. The first-order valence-corrected chi connectivity index (χ1v) is 11.5. The Kier molecular flexibility index (Phi) is 6.03. The molecule has 9 heteroatoms. The van der Waals surface area contributed by atoms with Crippen LogP contribution in [-0.2, 0) is 34.0 Å². The van der Waals surface area contributed by atoms with E-state index in [2.05, 4.69) is 10.1 Å². The number of benzene rings is 2. The molecule has 0 saturated heterocycles. The molecule has 0 amide bonds. The highest BCUT2D eigenvalue weighted by Crippen LogP contribution is 2.40. The maximum absolute atomic E-state index is 13.1. The minimum absolute atomic E-state index is 0.0152. The average molecular weight is 442 g/mol. The van der Waals surface area contributed by atoms with Crippen molar-refractivity contribution in [1.82, 2.24) is 10.1 Å². The number of H-pyrrole nitrogens is 1. The zero-order valence-corrected chi connectivity index (χ0v) is 17.5. The van der Waals surface area contributed by atoms with Crippen molar-refractivity contribution in [2.75, 3.05) is 0 Å². The van der Waals surface area contributed by atoms with Crippen molar-refractivity contribution in [1.29, 1.82) is 0 Å². The van der Waals surface area contributed by atoms with Crippen LogP contribution < -0.4 is 5.69 Å². The van der Waals surface area contributed by atoms with Crippen molar-refractivity contribution in [3.05, 3.63) is 87.7 Å². The van der Waals surface area contributed by atoms with Gasteiger partial charge in [0.2, 0.25) is 5.89 Å². The molecular weight excluding hydrogens is 420 g/mol. The standard InChI is InChI=1S/C22H22N2O6S/c25-21-23-20(30-24-21)11-10-16-12-17-8-4-5-9-18(17)19(13-16)31(27,28)22(26)29-14-15-6-2-1-3-7-15/h1-9,16,19H,10-14H2,(H,24,25)/t16-,19?/m1/s1. The molecule has 1 aliphatic rings. The van der Waals surface area contributed by atoms with Crippen LogP contribution in [0, 0.1) is 5.92 Å². The summed E-state index contributed by atoms with van der Waals surface area (Å²) in [5.41, 5.74) is 1.70. The number of nitrogens with one attached hydrogen (secondary N) is 1. The summed E-state index contributed by atoms with van der Waals surface area (Å²) in [5.74, 6) is 0.268. The quantitative estimate of drug-likeness (QED) is 0.581. The van der Waals surface area contributed by atoms with Gasteiger partial charge in [0.15, 0.2) is 0 Å². The highest BCUT2D eigenvalue weighted by molar-refractivity contribution is 8.05. The first kappa shape index (κ1) is 21.0. The summed E-state index contributed by atoms with van der Waals surface area (Å²) < 4.78 is 36.4.